The van der Waals surface area contributed by atoms with E-state index in [2.05, 4.69) is 20.7 Å². The topological polar surface area (TPSA) is 33.0 Å². The number of hydrogen-bond acceptors (Lipinski definition) is 2. The zero-order valence-corrected chi connectivity index (χ0v) is 5.60. The van der Waals surface area contributed by atoms with Crippen molar-refractivity contribution in [3.63, 3.8) is 0 Å². The maximum Gasteiger partial charge on any atom is 0.153 e. The van der Waals surface area contributed by atoms with Gasteiger partial charge in [0.05, 0.1) is 6.07 Å². The Morgan fingerprint density at radius 1 is 2.00 bits per heavy atom. The molecule has 0 aliphatic rings. The van der Waals surface area contributed by atoms with E-state index in [0.717, 1.165) is 0 Å². The fourth-order valence-electron chi connectivity index (χ4n) is 0.150. The van der Waals surface area contributed by atoms with Crippen molar-refractivity contribution < 1.29 is 4.74 Å². The number of ether oxygens (including phenoxy) is 1. The smallest absolute Gasteiger partial charge is 0.153 e. The molecule has 2 nitrogen and oxygen atoms in total. The molecule has 0 radical (unpaired) electrons. The highest BCUT2D eigenvalue weighted by molar-refractivity contribution is 9.09. The Morgan fingerprint density at radius 2 is 2.57 bits per heavy atom. The third kappa shape index (κ3) is 2.60. The van der Waals surface area contributed by atoms with Gasteiger partial charge in [0.15, 0.2) is 6.10 Å². The molecular formula is C4H6BrNO. The third-order valence-corrected chi connectivity index (χ3v) is 1.16. The lowest BCUT2D eigenvalue weighted by Crippen LogP contribution is -2.07. The molecule has 0 saturated carbocycles. The van der Waals surface area contributed by atoms with Gasteiger partial charge in [0.1, 0.15) is 0 Å². The first-order chi connectivity index (χ1) is 3.35. The summed E-state index contributed by atoms with van der Waals surface area (Å²) in [5.41, 5.74) is 0. The van der Waals surface area contributed by atoms with Crippen LogP contribution in [0.1, 0.15) is 0 Å². The predicted octanol–water partition coefficient (Wildman–Crippen LogP) is 0.920. The molecule has 40 valence electrons. The Hall–Kier alpha value is -0.0700. The maximum absolute atomic E-state index is 8.12. The molecule has 0 amide bonds. The van der Waals surface area contributed by atoms with Crippen LogP contribution in [0.3, 0.4) is 0 Å². The van der Waals surface area contributed by atoms with Gasteiger partial charge in [0.25, 0.3) is 0 Å². The molecule has 0 spiro atoms. The lowest BCUT2D eigenvalue weighted by atomic mass is 10.5. The van der Waals surface area contributed by atoms with E-state index < -0.39 is 0 Å². The molecule has 1 atom stereocenters. The average molecular weight is 164 g/mol. The van der Waals surface area contributed by atoms with Crippen molar-refractivity contribution in [1.82, 2.24) is 0 Å². The first-order valence-electron chi connectivity index (χ1n) is 1.83. The molecule has 0 aromatic heterocycles. The number of methoxy groups -OCH3 is 1. The van der Waals surface area contributed by atoms with Gasteiger partial charge in [0.2, 0.25) is 0 Å². The van der Waals surface area contributed by atoms with Crippen LogP contribution in [-0.2, 0) is 4.74 Å². The molecule has 0 aromatic rings. The Balaban J connectivity index is 3.23. The molecule has 0 aromatic carbocycles. The quantitative estimate of drug-likeness (QED) is 0.568. The first-order valence-corrected chi connectivity index (χ1v) is 2.95. The van der Waals surface area contributed by atoms with Crippen molar-refractivity contribution in [2.45, 2.75) is 6.10 Å². The van der Waals surface area contributed by atoms with Gasteiger partial charge >= 0.3 is 0 Å². The van der Waals surface area contributed by atoms with Crippen LogP contribution in [0, 0.1) is 11.3 Å². The summed E-state index contributed by atoms with van der Waals surface area (Å²) in [6.45, 7) is 0. The summed E-state index contributed by atoms with van der Waals surface area (Å²) in [4.78, 5) is 0. The van der Waals surface area contributed by atoms with Crippen LogP contribution < -0.4 is 0 Å². The van der Waals surface area contributed by atoms with E-state index in [4.69, 9.17) is 5.26 Å². The molecule has 3 heteroatoms. The number of hydrogen-bond donors (Lipinski definition) is 0. The van der Waals surface area contributed by atoms with Gasteiger partial charge in [-0.1, -0.05) is 15.9 Å². The van der Waals surface area contributed by atoms with Crippen molar-refractivity contribution >= 4 is 15.9 Å². The summed E-state index contributed by atoms with van der Waals surface area (Å²) in [7, 11) is 1.51. The van der Waals surface area contributed by atoms with Gasteiger partial charge in [0, 0.05) is 12.4 Å². The number of nitrogens with zero attached hydrogens (tertiary/aromatic N) is 1. The molecule has 0 bridgehead atoms. The van der Waals surface area contributed by atoms with E-state index in [1.807, 2.05) is 6.07 Å². The molecule has 0 fully saturated rings. The monoisotopic (exact) mass is 163 g/mol. The largest absolute Gasteiger partial charge is 0.366 e. The normalized spacial score (nSPS) is 12.7. The van der Waals surface area contributed by atoms with E-state index in [1.54, 1.807) is 0 Å². The van der Waals surface area contributed by atoms with Crippen LogP contribution >= 0.6 is 15.9 Å². The Kier molecular flexibility index (Phi) is 4.06. The maximum atomic E-state index is 8.12. The number of alkyl halides is 1. The summed E-state index contributed by atoms with van der Waals surface area (Å²) in [5.74, 6) is 0. The number of nitriles is 1. The van der Waals surface area contributed by atoms with Gasteiger partial charge in [-0.15, -0.1) is 0 Å². The van der Waals surface area contributed by atoms with E-state index in [-0.39, 0.29) is 6.10 Å². The summed E-state index contributed by atoms with van der Waals surface area (Å²) in [5, 5.41) is 8.70. The first kappa shape index (κ1) is 6.93. The van der Waals surface area contributed by atoms with Crippen molar-refractivity contribution in [1.29, 1.82) is 5.26 Å². The van der Waals surface area contributed by atoms with Crippen molar-refractivity contribution in [2.75, 3.05) is 12.4 Å². The SMILES string of the molecule is COC(C#N)CBr. The zero-order chi connectivity index (χ0) is 5.70. The fourth-order valence-corrected chi connectivity index (χ4v) is 0.559. The highest BCUT2D eigenvalue weighted by Gasteiger charge is 1.98. The third-order valence-electron chi connectivity index (χ3n) is 0.569. The average Bonchev–Trinajstić information content (AvgIpc) is 1.72. The number of rotatable bonds is 2. The standard InChI is InChI=1S/C4H6BrNO/c1-7-4(2-5)3-6/h4H,2H2,1H3. The minimum atomic E-state index is -0.292. The highest BCUT2D eigenvalue weighted by Crippen LogP contribution is 1.91. The molecule has 0 saturated heterocycles. The van der Waals surface area contributed by atoms with Crippen LogP contribution in [0.2, 0.25) is 0 Å². The molecule has 0 heterocycles. The molecule has 0 aliphatic carbocycles. The molecule has 0 aliphatic heterocycles. The Morgan fingerprint density at radius 3 is 2.57 bits per heavy atom. The van der Waals surface area contributed by atoms with Crippen LogP contribution in [0.4, 0.5) is 0 Å². The van der Waals surface area contributed by atoms with Gasteiger partial charge < -0.3 is 4.74 Å². The second kappa shape index (κ2) is 4.10. The molecule has 0 rings (SSSR count). The number of halogens is 1. The van der Waals surface area contributed by atoms with Crippen LogP contribution in [0.15, 0.2) is 0 Å². The van der Waals surface area contributed by atoms with Crippen molar-refractivity contribution in [3.8, 4) is 6.07 Å². The van der Waals surface area contributed by atoms with Crippen molar-refractivity contribution in [2.24, 2.45) is 0 Å². The van der Waals surface area contributed by atoms with E-state index in [1.165, 1.54) is 7.11 Å². The summed E-state index contributed by atoms with van der Waals surface area (Å²) < 4.78 is 4.64. The Bertz CT molecular complexity index is 74.2. The minimum Gasteiger partial charge on any atom is -0.366 e. The zero-order valence-electron chi connectivity index (χ0n) is 4.02. The fraction of sp³-hybridized carbons (Fsp3) is 0.750. The van der Waals surface area contributed by atoms with Crippen LogP contribution in [0.25, 0.3) is 0 Å². The van der Waals surface area contributed by atoms with E-state index in [9.17, 15) is 0 Å². The molecular weight excluding hydrogens is 158 g/mol. The summed E-state index contributed by atoms with van der Waals surface area (Å²) in [6.07, 6.45) is -0.292. The van der Waals surface area contributed by atoms with E-state index in [0.29, 0.717) is 5.33 Å². The molecule has 7 heavy (non-hydrogen) atoms. The van der Waals surface area contributed by atoms with Gasteiger partial charge in [-0.2, -0.15) is 5.26 Å². The highest BCUT2D eigenvalue weighted by atomic mass is 79.9. The summed E-state index contributed by atoms with van der Waals surface area (Å²) in [6, 6.07) is 1.93. The van der Waals surface area contributed by atoms with Crippen LogP contribution in [0.5, 0.6) is 0 Å². The minimum absolute atomic E-state index is 0.292. The second-order valence-electron chi connectivity index (χ2n) is 1.01. The van der Waals surface area contributed by atoms with Gasteiger partial charge in [-0.3, -0.25) is 0 Å². The molecule has 1 unspecified atom stereocenters. The molecule has 0 N–H and O–H groups in total. The summed E-state index contributed by atoms with van der Waals surface area (Å²) >= 11 is 3.09. The van der Waals surface area contributed by atoms with Crippen molar-refractivity contribution in [3.05, 3.63) is 0 Å². The lowest BCUT2D eigenvalue weighted by molar-refractivity contribution is 0.166. The van der Waals surface area contributed by atoms with Gasteiger partial charge in [-0.05, 0) is 0 Å². The van der Waals surface area contributed by atoms with Crippen LogP contribution in [-0.4, -0.2) is 18.5 Å². The lowest BCUT2D eigenvalue weighted by Gasteiger charge is -1.97. The predicted molar refractivity (Wildman–Crippen MR) is 30.2 cm³/mol. The second-order valence-corrected chi connectivity index (χ2v) is 1.66. The van der Waals surface area contributed by atoms with Gasteiger partial charge in [-0.25, -0.2) is 0 Å². The van der Waals surface area contributed by atoms with E-state index >= 15 is 0 Å². The Labute approximate surface area is 51.2 Å².